The molecule has 0 aromatic carbocycles. The van der Waals surface area contributed by atoms with Crippen LogP contribution in [0.25, 0.3) is 0 Å². The van der Waals surface area contributed by atoms with Gasteiger partial charge in [0.25, 0.3) is 0 Å². The van der Waals surface area contributed by atoms with Crippen molar-refractivity contribution in [3.8, 4) is 0 Å². The highest BCUT2D eigenvalue weighted by molar-refractivity contribution is 6.10. The average Bonchev–Trinajstić information content (AvgIpc) is 2.96. The fourth-order valence-corrected chi connectivity index (χ4v) is 2.76. The zero-order valence-electron chi connectivity index (χ0n) is 11.3. The van der Waals surface area contributed by atoms with Gasteiger partial charge in [-0.15, -0.1) is 0 Å². The van der Waals surface area contributed by atoms with Crippen molar-refractivity contribution in [2.45, 2.75) is 38.9 Å². The number of nitrogens with one attached hydrogen (secondary N) is 1. The Hall–Kier alpha value is -1.46. The first-order chi connectivity index (χ1) is 9.10. The first-order valence-electron chi connectivity index (χ1n) is 6.60. The standard InChI is InChI=1S/C14H18N2O3/c1-9-13(16-10(2)19-9)12(15)11-4-3-5-14(8-11)17-6-7-18-14/h4,15H,3,5-8H2,1-2H3. The lowest BCUT2D eigenvalue weighted by molar-refractivity contribution is -0.161. The fourth-order valence-electron chi connectivity index (χ4n) is 2.76. The van der Waals surface area contributed by atoms with Crippen LogP contribution in [0, 0.1) is 19.3 Å². The molecule has 0 radical (unpaired) electrons. The van der Waals surface area contributed by atoms with Crippen LogP contribution in [0.1, 0.15) is 36.6 Å². The van der Waals surface area contributed by atoms with Crippen molar-refractivity contribution < 1.29 is 13.9 Å². The summed E-state index contributed by atoms with van der Waals surface area (Å²) in [6.07, 6.45) is 4.44. The Morgan fingerprint density at radius 1 is 1.32 bits per heavy atom. The number of aryl methyl sites for hydroxylation is 2. The molecule has 1 aliphatic heterocycles. The first kappa shape index (κ1) is 12.6. The number of ether oxygens (including phenoxy) is 2. The maximum absolute atomic E-state index is 8.32. The molecule has 102 valence electrons. The van der Waals surface area contributed by atoms with Crippen molar-refractivity contribution in [1.82, 2.24) is 4.98 Å². The number of hydrogen-bond donors (Lipinski definition) is 1. The molecule has 5 heteroatoms. The molecule has 1 aliphatic carbocycles. The van der Waals surface area contributed by atoms with Gasteiger partial charge in [-0.2, -0.15) is 0 Å². The Bertz CT molecular complexity index is 539. The summed E-state index contributed by atoms with van der Waals surface area (Å²) in [7, 11) is 0. The van der Waals surface area contributed by atoms with Gasteiger partial charge in [0, 0.05) is 19.8 Å². The van der Waals surface area contributed by atoms with E-state index >= 15 is 0 Å². The minimum absolute atomic E-state index is 0.424. The average molecular weight is 262 g/mol. The molecule has 1 N–H and O–H groups in total. The monoisotopic (exact) mass is 262 g/mol. The molecule has 1 aromatic rings. The van der Waals surface area contributed by atoms with Gasteiger partial charge < -0.3 is 13.9 Å². The lowest BCUT2D eigenvalue weighted by atomic mass is 9.89. The van der Waals surface area contributed by atoms with Gasteiger partial charge >= 0.3 is 0 Å². The van der Waals surface area contributed by atoms with Crippen LogP contribution < -0.4 is 0 Å². The van der Waals surface area contributed by atoms with Gasteiger partial charge in [0.05, 0.1) is 18.9 Å². The van der Waals surface area contributed by atoms with E-state index in [1.54, 1.807) is 6.92 Å². The molecule has 0 unspecified atom stereocenters. The summed E-state index contributed by atoms with van der Waals surface area (Å²) in [6, 6.07) is 0. The van der Waals surface area contributed by atoms with Crippen LogP contribution in [0.5, 0.6) is 0 Å². The lowest BCUT2D eigenvalue weighted by Gasteiger charge is -2.31. The fraction of sp³-hybridized carbons (Fsp3) is 0.571. The molecule has 3 rings (SSSR count). The van der Waals surface area contributed by atoms with Crippen molar-refractivity contribution in [1.29, 1.82) is 5.41 Å². The molecule has 1 spiro atoms. The van der Waals surface area contributed by atoms with Crippen molar-refractivity contribution in [3.63, 3.8) is 0 Å². The van der Waals surface area contributed by atoms with Gasteiger partial charge in [-0.05, 0) is 18.9 Å². The smallest absolute Gasteiger partial charge is 0.191 e. The molecule has 0 saturated carbocycles. The molecular formula is C14H18N2O3. The molecule has 1 fully saturated rings. The van der Waals surface area contributed by atoms with Gasteiger partial charge in [0.2, 0.25) is 0 Å². The highest BCUT2D eigenvalue weighted by atomic mass is 16.7. The molecule has 5 nitrogen and oxygen atoms in total. The molecule has 0 bridgehead atoms. The minimum atomic E-state index is -0.511. The van der Waals surface area contributed by atoms with E-state index in [1.807, 2.05) is 6.92 Å². The normalized spacial score (nSPS) is 21.7. The zero-order chi connectivity index (χ0) is 13.5. The SMILES string of the molecule is Cc1nc(C(=N)C2=CCCC3(C2)OCCO3)c(C)o1. The summed E-state index contributed by atoms with van der Waals surface area (Å²) in [4.78, 5) is 4.29. The van der Waals surface area contributed by atoms with Gasteiger partial charge in [-0.25, -0.2) is 4.98 Å². The van der Waals surface area contributed by atoms with Crippen molar-refractivity contribution in [2.24, 2.45) is 0 Å². The number of hydrogen-bond acceptors (Lipinski definition) is 5. The Labute approximate surface area is 112 Å². The van der Waals surface area contributed by atoms with Crippen LogP contribution in [0.3, 0.4) is 0 Å². The first-order valence-corrected chi connectivity index (χ1v) is 6.60. The topological polar surface area (TPSA) is 68.3 Å². The second-order valence-electron chi connectivity index (χ2n) is 5.07. The lowest BCUT2D eigenvalue weighted by Crippen LogP contribution is -2.34. The third-order valence-electron chi connectivity index (χ3n) is 3.65. The highest BCUT2D eigenvalue weighted by Crippen LogP contribution is 2.36. The predicted molar refractivity (Wildman–Crippen MR) is 69.4 cm³/mol. The Morgan fingerprint density at radius 3 is 2.68 bits per heavy atom. The summed E-state index contributed by atoms with van der Waals surface area (Å²) in [5.41, 5.74) is 1.98. The second-order valence-corrected chi connectivity index (χ2v) is 5.07. The second kappa shape index (κ2) is 4.58. The predicted octanol–water partition coefficient (Wildman–Crippen LogP) is 2.51. The maximum Gasteiger partial charge on any atom is 0.191 e. The van der Waals surface area contributed by atoms with E-state index in [4.69, 9.17) is 19.3 Å². The number of allylic oxidation sites excluding steroid dienone is 1. The maximum atomic E-state index is 8.32. The molecule has 0 atom stereocenters. The Morgan fingerprint density at radius 2 is 2.05 bits per heavy atom. The van der Waals surface area contributed by atoms with Gasteiger partial charge in [0.1, 0.15) is 11.5 Å². The van der Waals surface area contributed by atoms with Crippen LogP contribution >= 0.6 is 0 Å². The van der Waals surface area contributed by atoms with E-state index in [9.17, 15) is 0 Å². The summed E-state index contributed by atoms with van der Waals surface area (Å²) < 4.78 is 16.9. The summed E-state index contributed by atoms with van der Waals surface area (Å²) in [5, 5.41) is 8.32. The molecule has 2 heterocycles. The number of nitrogens with zero attached hydrogens (tertiary/aromatic N) is 1. The van der Waals surface area contributed by atoms with Crippen molar-refractivity contribution >= 4 is 5.71 Å². The summed E-state index contributed by atoms with van der Waals surface area (Å²) in [5.74, 6) is 0.774. The Balaban J connectivity index is 1.84. The zero-order valence-corrected chi connectivity index (χ0v) is 11.3. The van der Waals surface area contributed by atoms with Crippen LogP contribution in [-0.4, -0.2) is 29.7 Å². The summed E-state index contributed by atoms with van der Waals surface area (Å²) >= 11 is 0. The molecule has 0 amide bonds. The van der Waals surface area contributed by atoms with Gasteiger partial charge in [-0.3, -0.25) is 5.41 Å². The van der Waals surface area contributed by atoms with Gasteiger partial charge in [0.15, 0.2) is 11.7 Å². The number of oxazole rings is 1. The van der Waals surface area contributed by atoms with Crippen LogP contribution in [0.4, 0.5) is 0 Å². The number of rotatable bonds is 2. The Kier molecular flexibility index (Phi) is 3.03. The third-order valence-corrected chi connectivity index (χ3v) is 3.65. The van der Waals surface area contributed by atoms with E-state index in [2.05, 4.69) is 11.1 Å². The van der Waals surface area contributed by atoms with Crippen LogP contribution in [-0.2, 0) is 9.47 Å². The molecule has 1 saturated heterocycles. The molecule has 1 aromatic heterocycles. The molecule has 2 aliphatic rings. The van der Waals surface area contributed by atoms with Gasteiger partial charge in [-0.1, -0.05) is 6.08 Å². The van der Waals surface area contributed by atoms with Crippen molar-refractivity contribution in [2.75, 3.05) is 13.2 Å². The third kappa shape index (κ3) is 2.24. The van der Waals surface area contributed by atoms with E-state index in [1.165, 1.54) is 0 Å². The largest absolute Gasteiger partial charge is 0.446 e. The minimum Gasteiger partial charge on any atom is -0.446 e. The van der Waals surface area contributed by atoms with Crippen molar-refractivity contribution in [3.05, 3.63) is 29.0 Å². The molecule has 19 heavy (non-hydrogen) atoms. The van der Waals surface area contributed by atoms with E-state index in [-0.39, 0.29) is 0 Å². The van der Waals surface area contributed by atoms with Crippen LogP contribution in [0.15, 0.2) is 16.1 Å². The quantitative estimate of drug-likeness (QED) is 0.831. The van der Waals surface area contributed by atoms with E-state index in [0.29, 0.717) is 42.7 Å². The van der Waals surface area contributed by atoms with E-state index in [0.717, 1.165) is 18.4 Å². The van der Waals surface area contributed by atoms with Crippen LogP contribution in [0.2, 0.25) is 0 Å². The summed E-state index contributed by atoms with van der Waals surface area (Å²) in [6.45, 7) is 4.92. The molecular weight excluding hydrogens is 244 g/mol. The highest BCUT2D eigenvalue weighted by Gasteiger charge is 2.39. The van der Waals surface area contributed by atoms with E-state index < -0.39 is 5.79 Å². The number of aromatic nitrogens is 1.